The first-order valence-corrected chi connectivity index (χ1v) is 11.8. The van der Waals surface area contributed by atoms with Crippen LogP contribution in [0.25, 0.3) is 5.69 Å². The van der Waals surface area contributed by atoms with Crippen LogP contribution in [-0.2, 0) is 16.1 Å². The first kappa shape index (κ1) is 25.0. The smallest absolute Gasteiger partial charge is 0.352 e. The summed E-state index contributed by atoms with van der Waals surface area (Å²) in [6, 6.07) is 12.7. The zero-order valence-corrected chi connectivity index (χ0v) is 20.1. The van der Waals surface area contributed by atoms with Gasteiger partial charge in [0.05, 0.1) is 19.1 Å². The minimum Gasteiger partial charge on any atom is -0.466 e. The number of ether oxygens (including phenoxy) is 1. The van der Waals surface area contributed by atoms with Gasteiger partial charge in [0.25, 0.3) is 11.5 Å². The lowest BCUT2D eigenvalue weighted by Crippen LogP contribution is -2.49. The Morgan fingerprint density at radius 3 is 2.64 bits per heavy atom. The summed E-state index contributed by atoms with van der Waals surface area (Å²) in [5, 5.41) is 4.03. The van der Waals surface area contributed by atoms with E-state index in [9.17, 15) is 23.6 Å². The largest absolute Gasteiger partial charge is 0.466 e. The van der Waals surface area contributed by atoms with Crippen LogP contribution in [0.1, 0.15) is 41.4 Å². The summed E-state index contributed by atoms with van der Waals surface area (Å²) in [5.41, 5.74) is -0.853. The highest BCUT2D eigenvalue weighted by atomic mass is 19.1. The van der Waals surface area contributed by atoms with Gasteiger partial charge < -0.3 is 9.64 Å². The summed E-state index contributed by atoms with van der Waals surface area (Å²) in [7, 11) is 0. The average Bonchev–Trinajstić information content (AvgIpc) is 2.87. The summed E-state index contributed by atoms with van der Waals surface area (Å²) in [6.07, 6.45) is 1.10. The van der Waals surface area contributed by atoms with Gasteiger partial charge in [-0.3, -0.25) is 19.0 Å². The second-order valence-corrected chi connectivity index (χ2v) is 8.72. The molecular weight excluding hydrogens is 467 g/mol. The van der Waals surface area contributed by atoms with Gasteiger partial charge in [-0.05, 0) is 44.4 Å². The maximum atomic E-state index is 14.6. The molecule has 188 valence electrons. The molecule has 1 atom stereocenters. The van der Waals surface area contributed by atoms with Crippen LogP contribution in [0, 0.1) is 18.7 Å². The van der Waals surface area contributed by atoms with Crippen molar-refractivity contribution in [1.29, 1.82) is 0 Å². The summed E-state index contributed by atoms with van der Waals surface area (Å²) in [6.45, 7) is 4.06. The number of esters is 1. The molecule has 4 rings (SSSR count). The van der Waals surface area contributed by atoms with Gasteiger partial charge in [0.15, 0.2) is 0 Å². The monoisotopic (exact) mass is 494 g/mol. The van der Waals surface area contributed by atoms with E-state index in [2.05, 4.69) is 5.10 Å². The van der Waals surface area contributed by atoms with Crippen molar-refractivity contribution in [2.24, 2.45) is 5.92 Å². The number of piperidine rings is 1. The number of rotatable bonds is 6. The van der Waals surface area contributed by atoms with Crippen LogP contribution in [0.4, 0.5) is 4.39 Å². The van der Waals surface area contributed by atoms with Gasteiger partial charge in [0.1, 0.15) is 11.5 Å². The van der Waals surface area contributed by atoms with E-state index in [-0.39, 0.29) is 25.4 Å². The van der Waals surface area contributed by atoms with Crippen LogP contribution < -0.4 is 11.2 Å². The van der Waals surface area contributed by atoms with Gasteiger partial charge in [0, 0.05) is 13.1 Å². The second kappa shape index (κ2) is 10.7. The number of likely N-dealkylation sites (tertiary alicyclic amines) is 1. The van der Waals surface area contributed by atoms with Crippen LogP contribution in [-0.4, -0.2) is 50.8 Å². The number of aryl methyl sites for hydroxylation is 1. The number of benzene rings is 2. The zero-order valence-electron chi connectivity index (χ0n) is 20.1. The lowest BCUT2D eigenvalue weighted by molar-refractivity contribution is -0.149. The minimum atomic E-state index is -0.877. The number of para-hydroxylation sites is 1. The Bertz CT molecular complexity index is 1410. The van der Waals surface area contributed by atoms with Crippen molar-refractivity contribution in [3.63, 3.8) is 0 Å². The molecule has 3 aromatic rings. The van der Waals surface area contributed by atoms with Gasteiger partial charge in [-0.25, -0.2) is 9.18 Å². The molecule has 1 aromatic heterocycles. The third kappa shape index (κ3) is 5.12. The van der Waals surface area contributed by atoms with Crippen LogP contribution >= 0.6 is 0 Å². The topological polar surface area (TPSA) is 104 Å². The number of nitrogens with zero attached hydrogens (tertiary/aromatic N) is 4. The van der Waals surface area contributed by atoms with Crippen LogP contribution in [0.2, 0.25) is 0 Å². The molecule has 1 fully saturated rings. The maximum absolute atomic E-state index is 14.6. The molecule has 10 heteroatoms. The molecule has 9 nitrogen and oxygen atoms in total. The quantitative estimate of drug-likeness (QED) is 0.487. The Kier molecular flexibility index (Phi) is 7.42. The minimum absolute atomic E-state index is 0.0650. The van der Waals surface area contributed by atoms with Gasteiger partial charge in [-0.1, -0.05) is 42.0 Å². The van der Waals surface area contributed by atoms with Gasteiger partial charge in [-0.15, -0.1) is 0 Å². The van der Waals surface area contributed by atoms with Crippen molar-refractivity contribution < 1.29 is 18.7 Å². The predicted octanol–water partition coefficient (Wildman–Crippen LogP) is 2.31. The van der Waals surface area contributed by atoms with E-state index in [1.807, 2.05) is 19.1 Å². The fourth-order valence-corrected chi connectivity index (χ4v) is 4.33. The number of carbonyl (C=O) groups excluding carboxylic acids is 2. The number of carbonyl (C=O) groups is 2. The van der Waals surface area contributed by atoms with E-state index >= 15 is 0 Å². The van der Waals surface area contributed by atoms with Gasteiger partial charge in [0.2, 0.25) is 5.69 Å². The lowest BCUT2D eigenvalue weighted by Gasteiger charge is -2.31. The Morgan fingerprint density at radius 1 is 1.14 bits per heavy atom. The van der Waals surface area contributed by atoms with Crippen molar-refractivity contribution in [1.82, 2.24) is 19.2 Å². The molecular formula is C26H27FN4O5. The molecule has 2 heterocycles. The van der Waals surface area contributed by atoms with E-state index in [0.29, 0.717) is 24.9 Å². The number of hydrogen-bond donors (Lipinski definition) is 0. The fraction of sp³-hybridized carbons (Fsp3) is 0.346. The van der Waals surface area contributed by atoms with Crippen LogP contribution in [0.5, 0.6) is 0 Å². The van der Waals surface area contributed by atoms with Gasteiger partial charge in [-0.2, -0.15) is 9.78 Å². The molecule has 0 bridgehead atoms. The first-order valence-electron chi connectivity index (χ1n) is 11.8. The Hall–Kier alpha value is -4.08. The average molecular weight is 495 g/mol. The molecule has 0 N–H and O–H groups in total. The number of halogens is 1. The van der Waals surface area contributed by atoms with Crippen molar-refractivity contribution in [3.8, 4) is 5.69 Å². The molecule has 0 aliphatic carbocycles. The summed E-state index contributed by atoms with van der Waals surface area (Å²) in [4.78, 5) is 53.8. The van der Waals surface area contributed by atoms with E-state index in [0.717, 1.165) is 20.9 Å². The Balaban J connectivity index is 1.80. The van der Waals surface area contributed by atoms with E-state index < -0.39 is 40.6 Å². The summed E-state index contributed by atoms with van der Waals surface area (Å²) >= 11 is 0. The molecule has 0 radical (unpaired) electrons. The van der Waals surface area contributed by atoms with Gasteiger partial charge >= 0.3 is 11.7 Å². The van der Waals surface area contributed by atoms with E-state index in [1.54, 1.807) is 19.1 Å². The van der Waals surface area contributed by atoms with Crippen molar-refractivity contribution in [3.05, 3.63) is 92.0 Å². The summed E-state index contributed by atoms with van der Waals surface area (Å²) < 4.78 is 21.4. The van der Waals surface area contributed by atoms with Crippen molar-refractivity contribution >= 4 is 11.9 Å². The predicted molar refractivity (Wildman–Crippen MR) is 130 cm³/mol. The fourth-order valence-electron chi connectivity index (χ4n) is 4.33. The van der Waals surface area contributed by atoms with E-state index in [4.69, 9.17) is 4.74 Å². The van der Waals surface area contributed by atoms with Crippen molar-refractivity contribution in [2.75, 3.05) is 19.7 Å². The zero-order chi connectivity index (χ0) is 25.8. The Morgan fingerprint density at radius 2 is 1.92 bits per heavy atom. The normalized spacial score (nSPS) is 15.5. The molecule has 1 unspecified atom stereocenters. The molecule has 1 aliphatic rings. The third-order valence-electron chi connectivity index (χ3n) is 6.09. The number of amides is 1. The van der Waals surface area contributed by atoms with E-state index in [1.165, 1.54) is 23.1 Å². The molecule has 1 amide bonds. The van der Waals surface area contributed by atoms with Crippen LogP contribution in [0.15, 0.2) is 58.1 Å². The third-order valence-corrected chi connectivity index (χ3v) is 6.09. The van der Waals surface area contributed by atoms with Crippen LogP contribution in [0.3, 0.4) is 0 Å². The molecule has 0 saturated carbocycles. The second-order valence-electron chi connectivity index (χ2n) is 8.72. The highest BCUT2D eigenvalue weighted by Crippen LogP contribution is 2.19. The molecule has 0 spiro atoms. The molecule has 1 aliphatic heterocycles. The summed E-state index contributed by atoms with van der Waals surface area (Å²) in [5.74, 6) is -2.38. The number of hydrogen-bond acceptors (Lipinski definition) is 6. The highest BCUT2D eigenvalue weighted by molar-refractivity contribution is 5.92. The lowest BCUT2D eigenvalue weighted by atomic mass is 9.98. The molecule has 36 heavy (non-hydrogen) atoms. The highest BCUT2D eigenvalue weighted by Gasteiger charge is 2.32. The molecule has 2 aromatic carbocycles. The Labute approximate surface area is 206 Å². The molecule has 1 saturated heterocycles. The SMILES string of the molecule is CCOC(=O)C1CCCN(C(=O)c2nn(-c3ccccc3F)c(=O)n(Cc3cccc(C)c3)c2=O)C1. The number of aromatic nitrogens is 3. The maximum Gasteiger partial charge on any atom is 0.352 e. The van der Waals surface area contributed by atoms with Crippen molar-refractivity contribution in [2.45, 2.75) is 33.2 Å². The first-order chi connectivity index (χ1) is 17.3. The standard InChI is InChI=1S/C26H27FN4O5/c1-3-36-25(34)19-10-7-13-29(16-19)23(32)22-24(33)30(15-18-9-6-8-17(2)14-18)26(35)31(28-22)21-12-5-4-11-20(21)27/h4-6,8-9,11-12,14,19H,3,7,10,13,15-16H2,1-2H3.